The molecule has 0 aliphatic rings. The van der Waals surface area contributed by atoms with Gasteiger partial charge in [-0.25, -0.2) is 9.97 Å². The van der Waals surface area contributed by atoms with Crippen molar-refractivity contribution < 1.29 is 13.2 Å². The number of hydrogen-bond acceptors (Lipinski definition) is 3. The Labute approximate surface area is 122 Å². The van der Waals surface area contributed by atoms with Gasteiger partial charge in [0.15, 0.2) is 0 Å². The maximum absolute atomic E-state index is 12.8. The zero-order valence-corrected chi connectivity index (χ0v) is 11.2. The molecule has 3 aromatic rings. The van der Waals surface area contributed by atoms with Gasteiger partial charge in [0, 0.05) is 23.2 Å². The summed E-state index contributed by atoms with van der Waals surface area (Å²) >= 11 is 5.69. The number of halogens is 4. The van der Waals surface area contributed by atoms with Crippen molar-refractivity contribution in [2.24, 2.45) is 0 Å². The Morgan fingerprint density at radius 1 is 1.00 bits per heavy atom. The van der Waals surface area contributed by atoms with Crippen LogP contribution in [0.4, 0.5) is 13.2 Å². The first-order chi connectivity index (χ1) is 9.95. The number of alkyl halides is 3. The molecule has 1 aromatic carbocycles. The van der Waals surface area contributed by atoms with Crippen LogP contribution in [0, 0.1) is 0 Å². The van der Waals surface area contributed by atoms with Crippen molar-refractivity contribution in [3.05, 3.63) is 53.6 Å². The van der Waals surface area contributed by atoms with Crippen molar-refractivity contribution in [2.45, 2.75) is 6.18 Å². The van der Waals surface area contributed by atoms with E-state index in [4.69, 9.17) is 11.6 Å². The average molecular weight is 310 g/mol. The minimum atomic E-state index is -4.66. The third-order valence-electron chi connectivity index (χ3n) is 2.86. The lowest BCUT2D eigenvalue weighted by atomic mass is 10.1. The molecule has 106 valence electrons. The molecule has 0 bridgehead atoms. The molecule has 0 atom stereocenters. The molecule has 3 nitrogen and oxygen atoms in total. The lowest BCUT2D eigenvalue weighted by Crippen LogP contribution is -2.11. The van der Waals surface area contributed by atoms with Crippen LogP contribution in [-0.4, -0.2) is 15.0 Å². The molecule has 0 saturated carbocycles. The van der Waals surface area contributed by atoms with E-state index in [0.29, 0.717) is 11.1 Å². The molecule has 0 spiro atoms. The number of nitrogens with zero attached hydrogens (tertiary/aromatic N) is 3. The second kappa shape index (κ2) is 4.96. The van der Waals surface area contributed by atoms with E-state index < -0.39 is 12.0 Å². The molecule has 0 aliphatic heterocycles. The molecule has 21 heavy (non-hydrogen) atoms. The first kappa shape index (κ1) is 13.8. The van der Waals surface area contributed by atoms with E-state index in [1.54, 1.807) is 24.4 Å². The maximum Gasteiger partial charge on any atom is 0.451 e. The predicted molar refractivity (Wildman–Crippen MR) is 72.8 cm³/mol. The van der Waals surface area contributed by atoms with E-state index in [0.717, 1.165) is 5.39 Å². The molecule has 2 heterocycles. The molecule has 0 saturated heterocycles. The summed E-state index contributed by atoms with van der Waals surface area (Å²) in [5, 5.41) is 0.540. The van der Waals surface area contributed by atoms with Gasteiger partial charge >= 0.3 is 6.18 Å². The molecule has 0 aliphatic carbocycles. The SMILES string of the molecule is FC(F)(F)c1nc(Cl)cc(-c2cccc3cccnc23)n1. The van der Waals surface area contributed by atoms with Crippen molar-refractivity contribution >= 4 is 22.5 Å². The van der Waals surface area contributed by atoms with E-state index >= 15 is 0 Å². The average Bonchev–Trinajstić information content (AvgIpc) is 2.45. The van der Waals surface area contributed by atoms with Gasteiger partial charge in [0.25, 0.3) is 0 Å². The van der Waals surface area contributed by atoms with Crippen LogP contribution < -0.4 is 0 Å². The number of para-hydroxylation sites is 1. The highest BCUT2D eigenvalue weighted by molar-refractivity contribution is 6.29. The van der Waals surface area contributed by atoms with Gasteiger partial charge in [-0.1, -0.05) is 35.9 Å². The lowest BCUT2D eigenvalue weighted by Gasteiger charge is -2.09. The Balaban J connectivity index is 2.26. The summed E-state index contributed by atoms with van der Waals surface area (Å²) in [4.78, 5) is 11.0. The highest BCUT2D eigenvalue weighted by Gasteiger charge is 2.35. The second-order valence-electron chi connectivity index (χ2n) is 4.28. The number of benzene rings is 1. The van der Waals surface area contributed by atoms with Gasteiger partial charge in [-0.05, 0) is 6.07 Å². The lowest BCUT2D eigenvalue weighted by molar-refractivity contribution is -0.144. The van der Waals surface area contributed by atoms with E-state index in [1.807, 2.05) is 12.1 Å². The predicted octanol–water partition coefficient (Wildman–Crippen LogP) is 4.36. The number of fused-ring (bicyclic) bond motifs is 1. The number of aromatic nitrogens is 3. The monoisotopic (exact) mass is 309 g/mol. The molecule has 0 fully saturated rings. The number of hydrogen-bond donors (Lipinski definition) is 0. The number of pyridine rings is 1. The molecular weight excluding hydrogens is 303 g/mol. The van der Waals surface area contributed by atoms with Gasteiger partial charge in [0.05, 0.1) is 11.2 Å². The Kier molecular flexibility index (Phi) is 3.25. The number of rotatable bonds is 1. The van der Waals surface area contributed by atoms with Crippen molar-refractivity contribution in [1.82, 2.24) is 15.0 Å². The van der Waals surface area contributed by atoms with Crippen molar-refractivity contribution in [3.8, 4) is 11.3 Å². The topological polar surface area (TPSA) is 38.7 Å². The minimum absolute atomic E-state index is 0.0895. The Bertz CT molecular complexity index is 813. The second-order valence-corrected chi connectivity index (χ2v) is 4.67. The fourth-order valence-corrected chi connectivity index (χ4v) is 2.18. The van der Waals surface area contributed by atoms with Crippen LogP contribution in [0.25, 0.3) is 22.2 Å². The third-order valence-corrected chi connectivity index (χ3v) is 3.05. The van der Waals surface area contributed by atoms with Crippen LogP contribution in [0.2, 0.25) is 5.15 Å². The van der Waals surface area contributed by atoms with Crippen LogP contribution in [0.3, 0.4) is 0 Å². The van der Waals surface area contributed by atoms with Gasteiger partial charge in [0.1, 0.15) is 5.15 Å². The molecular formula is C14H7ClF3N3. The minimum Gasteiger partial charge on any atom is -0.256 e. The van der Waals surface area contributed by atoms with E-state index in [2.05, 4.69) is 15.0 Å². The van der Waals surface area contributed by atoms with Crippen LogP contribution in [0.15, 0.2) is 42.6 Å². The van der Waals surface area contributed by atoms with Crippen LogP contribution in [0.5, 0.6) is 0 Å². The summed E-state index contributed by atoms with van der Waals surface area (Å²) in [5.74, 6) is -1.27. The molecule has 7 heteroatoms. The summed E-state index contributed by atoms with van der Waals surface area (Å²) in [6.45, 7) is 0. The van der Waals surface area contributed by atoms with Crippen LogP contribution >= 0.6 is 11.6 Å². The summed E-state index contributed by atoms with van der Waals surface area (Å²) in [5.41, 5.74) is 1.12. The quantitative estimate of drug-likeness (QED) is 0.627. The third kappa shape index (κ3) is 2.67. The smallest absolute Gasteiger partial charge is 0.256 e. The summed E-state index contributed by atoms with van der Waals surface area (Å²) in [7, 11) is 0. The normalized spacial score (nSPS) is 11.8. The molecule has 0 amide bonds. The van der Waals surface area contributed by atoms with E-state index in [9.17, 15) is 13.2 Å². The van der Waals surface area contributed by atoms with Crippen molar-refractivity contribution in [1.29, 1.82) is 0 Å². The first-order valence-corrected chi connectivity index (χ1v) is 6.29. The zero-order valence-electron chi connectivity index (χ0n) is 10.4. The zero-order chi connectivity index (χ0) is 15.0. The highest BCUT2D eigenvalue weighted by Crippen LogP contribution is 2.31. The largest absolute Gasteiger partial charge is 0.451 e. The van der Waals surface area contributed by atoms with Crippen LogP contribution in [-0.2, 0) is 6.18 Å². The Morgan fingerprint density at radius 3 is 2.52 bits per heavy atom. The maximum atomic E-state index is 12.8. The molecule has 0 radical (unpaired) electrons. The van der Waals surface area contributed by atoms with Gasteiger partial charge in [-0.15, -0.1) is 0 Å². The highest BCUT2D eigenvalue weighted by atomic mass is 35.5. The van der Waals surface area contributed by atoms with E-state index in [1.165, 1.54) is 6.07 Å². The Morgan fingerprint density at radius 2 is 1.76 bits per heavy atom. The fraction of sp³-hybridized carbons (Fsp3) is 0.0714. The van der Waals surface area contributed by atoms with Crippen molar-refractivity contribution in [2.75, 3.05) is 0 Å². The fourth-order valence-electron chi connectivity index (χ4n) is 1.99. The van der Waals surface area contributed by atoms with Crippen molar-refractivity contribution in [3.63, 3.8) is 0 Å². The van der Waals surface area contributed by atoms with Gasteiger partial charge < -0.3 is 0 Å². The van der Waals surface area contributed by atoms with E-state index in [-0.39, 0.29) is 10.8 Å². The van der Waals surface area contributed by atoms with Gasteiger partial charge in [-0.2, -0.15) is 13.2 Å². The standard InChI is InChI=1S/C14H7ClF3N3/c15-11-7-10(20-13(21-11)14(16,17)18)9-5-1-3-8-4-2-6-19-12(8)9/h1-7H. The van der Waals surface area contributed by atoms with Gasteiger partial charge in [0.2, 0.25) is 5.82 Å². The van der Waals surface area contributed by atoms with Crippen LogP contribution in [0.1, 0.15) is 5.82 Å². The summed E-state index contributed by atoms with van der Waals surface area (Å²) in [6.07, 6.45) is -3.09. The summed E-state index contributed by atoms with van der Waals surface area (Å²) in [6, 6.07) is 10.1. The molecule has 3 rings (SSSR count). The first-order valence-electron chi connectivity index (χ1n) is 5.91. The molecule has 0 N–H and O–H groups in total. The molecule has 2 aromatic heterocycles. The summed E-state index contributed by atoms with van der Waals surface area (Å²) < 4.78 is 38.3. The van der Waals surface area contributed by atoms with Gasteiger partial charge in [-0.3, -0.25) is 4.98 Å². The Hall–Kier alpha value is -2.21. The molecule has 0 unspecified atom stereocenters.